The summed E-state index contributed by atoms with van der Waals surface area (Å²) in [4.78, 5) is 11.9. The van der Waals surface area contributed by atoms with Gasteiger partial charge in [-0.3, -0.25) is 4.79 Å². The number of methoxy groups -OCH3 is 1. The molecule has 3 aromatic rings. The predicted molar refractivity (Wildman–Crippen MR) is 94.3 cm³/mol. The number of carbonyl (C=O) groups is 1. The third kappa shape index (κ3) is 3.82. The number of halogens is 1. The number of benzene rings is 2. The number of aromatic nitrogens is 1. The lowest BCUT2D eigenvalue weighted by molar-refractivity contribution is -0.142. The molecule has 0 spiro atoms. The Balaban J connectivity index is 2.00. The van der Waals surface area contributed by atoms with Crippen molar-refractivity contribution in [3.8, 4) is 5.75 Å². The Kier molecular flexibility index (Phi) is 5.03. The normalized spacial score (nSPS) is 10.8. The fraction of sp³-hybridized carbons (Fsp3) is 0.250. The van der Waals surface area contributed by atoms with Crippen LogP contribution in [-0.4, -0.2) is 24.3 Å². The summed E-state index contributed by atoms with van der Waals surface area (Å²) in [5.74, 6) is 0.235. The zero-order valence-corrected chi connectivity index (χ0v) is 14.3. The molecule has 25 heavy (non-hydrogen) atoms. The number of nitrogens with zero attached hydrogens (tertiary/aromatic N) is 1. The highest BCUT2D eigenvalue weighted by atomic mass is 19.1. The first-order chi connectivity index (χ1) is 12.1. The van der Waals surface area contributed by atoms with Crippen molar-refractivity contribution in [3.63, 3.8) is 0 Å². The molecule has 1 aromatic heterocycles. The summed E-state index contributed by atoms with van der Waals surface area (Å²) >= 11 is 0. The molecule has 0 unspecified atom stereocenters. The van der Waals surface area contributed by atoms with Crippen LogP contribution >= 0.6 is 0 Å². The summed E-state index contributed by atoms with van der Waals surface area (Å²) in [5.41, 5.74) is 2.84. The van der Waals surface area contributed by atoms with E-state index in [1.807, 2.05) is 29.0 Å². The van der Waals surface area contributed by atoms with E-state index in [9.17, 15) is 9.18 Å². The van der Waals surface area contributed by atoms with E-state index in [-0.39, 0.29) is 18.2 Å². The lowest BCUT2D eigenvalue weighted by Gasteiger charge is -2.07. The fourth-order valence-corrected chi connectivity index (χ4v) is 2.90. The molecule has 0 saturated carbocycles. The molecule has 3 rings (SSSR count). The molecular weight excluding hydrogens is 321 g/mol. The molecular formula is C20H20FNO3. The SMILES string of the molecule is CCOC(=O)Cc1cn(Cc2ccc(F)cc2)c2cc(OC)ccc12. The van der Waals surface area contributed by atoms with Gasteiger partial charge in [0.05, 0.1) is 25.7 Å². The van der Waals surface area contributed by atoms with E-state index >= 15 is 0 Å². The van der Waals surface area contributed by atoms with Gasteiger partial charge in [-0.2, -0.15) is 0 Å². The number of hydrogen-bond donors (Lipinski definition) is 0. The van der Waals surface area contributed by atoms with Crippen molar-refractivity contribution in [2.24, 2.45) is 0 Å². The molecule has 0 bridgehead atoms. The Morgan fingerprint density at radius 1 is 1.16 bits per heavy atom. The van der Waals surface area contributed by atoms with Crippen LogP contribution in [0.15, 0.2) is 48.7 Å². The first-order valence-electron chi connectivity index (χ1n) is 8.16. The molecule has 0 fully saturated rings. The van der Waals surface area contributed by atoms with Gasteiger partial charge in [-0.1, -0.05) is 12.1 Å². The maximum Gasteiger partial charge on any atom is 0.310 e. The van der Waals surface area contributed by atoms with Crippen LogP contribution in [-0.2, 0) is 22.5 Å². The molecule has 0 saturated heterocycles. The molecule has 0 aliphatic rings. The van der Waals surface area contributed by atoms with Crippen molar-refractivity contribution in [3.05, 3.63) is 65.6 Å². The molecule has 0 N–H and O–H groups in total. The van der Waals surface area contributed by atoms with Crippen LogP contribution in [0.25, 0.3) is 10.9 Å². The van der Waals surface area contributed by atoms with Gasteiger partial charge in [0, 0.05) is 24.2 Å². The van der Waals surface area contributed by atoms with Gasteiger partial charge in [0.15, 0.2) is 0 Å². The largest absolute Gasteiger partial charge is 0.497 e. The molecule has 0 atom stereocenters. The minimum absolute atomic E-state index is 0.215. The van der Waals surface area contributed by atoms with Gasteiger partial charge in [-0.05, 0) is 42.3 Å². The summed E-state index contributed by atoms with van der Waals surface area (Å²) in [5, 5.41) is 0.982. The van der Waals surface area contributed by atoms with Crippen LogP contribution in [0.3, 0.4) is 0 Å². The number of esters is 1. The lowest BCUT2D eigenvalue weighted by atomic mass is 10.1. The molecule has 4 nitrogen and oxygen atoms in total. The van der Waals surface area contributed by atoms with Crippen molar-refractivity contribution in [2.75, 3.05) is 13.7 Å². The van der Waals surface area contributed by atoms with E-state index in [0.29, 0.717) is 13.2 Å². The van der Waals surface area contributed by atoms with E-state index in [0.717, 1.165) is 27.8 Å². The maximum atomic E-state index is 13.1. The first-order valence-corrected chi connectivity index (χ1v) is 8.16. The van der Waals surface area contributed by atoms with Gasteiger partial charge in [0.2, 0.25) is 0 Å². The van der Waals surface area contributed by atoms with E-state index in [1.165, 1.54) is 12.1 Å². The molecule has 0 aliphatic heterocycles. The monoisotopic (exact) mass is 341 g/mol. The second-order valence-corrected chi connectivity index (χ2v) is 5.77. The van der Waals surface area contributed by atoms with Crippen LogP contribution in [0.5, 0.6) is 5.75 Å². The first kappa shape index (κ1) is 17.0. The topological polar surface area (TPSA) is 40.5 Å². The molecule has 0 aliphatic carbocycles. The van der Waals surface area contributed by atoms with Crippen LogP contribution < -0.4 is 4.74 Å². The summed E-state index contributed by atoms with van der Waals surface area (Å²) in [6, 6.07) is 12.2. The fourth-order valence-electron chi connectivity index (χ4n) is 2.90. The second-order valence-electron chi connectivity index (χ2n) is 5.77. The zero-order valence-electron chi connectivity index (χ0n) is 14.3. The minimum atomic E-state index is -0.259. The third-order valence-electron chi connectivity index (χ3n) is 4.08. The second kappa shape index (κ2) is 7.38. The van der Waals surface area contributed by atoms with Crippen LogP contribution in [0.1, 0.15) is 18.1 Å². The van der Waals surface area contributed by atoms with Gasteiger partial charge in [-0.15, -0.1) is 0 Å². The smallest absolute Gasteiger partial charge is 0.310 e. The van der Waals surface area contributed by atoms with Crippen LogP contribution in [0, 0.1) is 5.82 Å². The van der Waals surface area contributed by atoms with Gasteiger partial charge < -0.3 is 14.0 Å². The highest BCUT2D eigenvalue weighted by Crippen LogP contribution is 2.27. The Bertz CT molecular complexity index is 884. The molecule has 1 heterocycles. The third-order valence-corrected chi connectivity index (χ3v) is 4.08. The lowest BCUT2D eigenvalue weighted by Crippen LogP contribution is -2.07. The predicted octanol–water partition coefficient (Wildman–Crippen LogP) is 3.94. The summed E-state index contributed by atoms with van der Waals surface area (Å²) in [6.07, 6.45) is 2.16. The van der Waals surface area contributed by atoms with E-state index in [1.54, 1.807) is 26.2 Å². The van der Waals surface area contributed by atoms with Crippen LogP contribution in [0.2, 0.25) is 0 Å². The van der Waals surface area contributed by atoms with Gasteiger partial charge in [-0.25, -0.2) is 4.39 Å². The van der Waals surface area contributed by atoms with E-state index in [2.05, 4.69) is 0 Å². The van der Waals surface area contributed by atoms with Gasteiger partial charge >= 0.3 is 5.97 Å². The Hall–Kier alpha value is -2.82. The van der Waals surface area contributed by atoms with Gasteiger partial charge in [0.25, 0.3) is 0 Å². The maximum absolute atomic E-state index is 13.1. The average molecular weight is 341 g/mol. The zero-order chi connectivity index (χ0) is 17.8. The Labute approximate surface area is 145 Å². The number of carbonyl (C=O) groups excluding carboxylic acids is 1. The average Bonchev–Trinajstić information content (AvgIpc) is 2.94. The molecule has 130 valence electrons. The van der Waals surface area contributed by atoms with Crippen LogP contribution in [0.4, 0.5) is 4.39 Å². The summed E-state index contributed by atoms with van der Waals surface area (Å²) in [7, 11) is 1.62. The minimum Gasteiger partial charge on any atom is -0.497 e. The summed E-state index contributed by atoms with van der Waals surface area (Å²) in [6.45, 7) is 2.73. The van der Waals surface area contributed by atoms with Crippen molar-refractivity contribution >= 4 is 16.9 Å². The quantitative estimate of drug-likeness (QED) is 0.638. The number of hydrogen-bond acceptors (Lipinski definition) is 3. The van der Waals surface area contributed by atoms with E-state index < -0.39 is 0 Å². The highest BCUT2D eigenvalue weighted by molar-refractivity contribution is 5.89. The van der Waals surface area contributed by atoms with Crippen molar-refractivity contribution in [2.45, 2.75) is 19.9 Å². The van der Waals surface area contributed by atoms with Crippen molar-refractivity contribution in [1.29, 1.82) is 0 Å². The number of ether oxygens (including phenoxy) is 2. The number of rotatable bonds is 6. The molecule has 0 amide bonds. The standard InChI is InChI=1S/C20H20FNO3/c1-3-25-20(23)10-15-13-22(12-14-4-6-16(21)7-5-14)19-11-17(24-2)8-9-18(15)19/h4-9,11,13H,3,10,12H2,1-2H3. The molecule has 0 radical (unpaired) electrons. The Morgan fingerprint density at radius 2 is 1.92 bits per heavy atom. The van der Waals surface area contributed by atoms with Gasteiger partial charge in [0.1, 0.15) is 11.6 Å². The highest BCUT2D eigenvalue weighted by Gasteiger charge is 2.14. The van der Waals surface area contributed by atoms with Crippen molar-refractivity contribution < 1.29 is 18.7 Å². The molecule has 2 aromatic carbocycles. The van der Waals surface area contributed by atoms with Crippen molar-refractivity contribution in [1.82, 2.24) is 4.57 Å². The molecule has 5 heteroatoms. The summed E-state index contributed by atoms with van der Waals surface area (Å²) < 4.78 is 25.5. The van der Waals surface area contributed by atoms with E-state index in [4.69, 9.17) is 9.47 Å². The number of fused-ring (bicyclic) bond motifs is 1. The Morgan fingerprint density at radius 3 is 2.60 bits per heavy atom.